The Balaban J connectivity index is 2.20. The lowest BCUT2D eigenvalue weighted by Crippen LogP contribution is -2.05. The maximum absolute atomic E-state index is 8.93. The number of para-hydroxylation sites is 1. The average Bonchev–Trinajstić information content (AvgIpc) is 2.70. The molecule has 3 nitrogen and oxygen atoms in total. The van der Waals surface area contributed by atoms with E-state index in [1.54, 1.807) is 0 Å². The van der Waals surface area contributed by atoms with E-state index < -0.39 is 0 Å². The third-order valence-electron chi connectivity index (χ3n) is 2.58. The molecule has 0 radical (unpaired) electrons. The third-order valence-corrected chi connectivity index (χ3v) is 2.58. The molecule has 2 rings (SSSR count). The van der Waals surface area contributed by atoms with E-state index in [0.717, 1.165) is 11.5 Å². The Morgan fingerprint density at radius 3 is 2.75 bits per heavy atom. The number of hydrogen-bond donors (Lipinski definition) is 2. The summed E-state index contributed by atoms with van der Waals surface area (Å²) in [6.07, 6.45) is 1.96. The highest BCUT2D eigenvalue weighted by atomic mass is 16.3. The predicted octanol–water partition coefficient (Wildman–Crippen LogP) is 2.53. The van der Waals surface area contributed by atoms with Gasteiger partial charge in [-0.2, -0.15) is 0 Å². The van der Waals surface area contributed by atoms with Crippen LogP contribution in [0.25, 0.3) is 0 Å². The number of aromatic nitrogens is 1. The first-order valence-electron chi connectivity index (χ1n) is 5.40. The number of aliphatic hydroxyl groups excluding tert-OH is 1. The van der Waals surface area contributed by atoms with Crippen molar-refractivity contribution in [1.82, 2.24) is 4.57 Å². The minimum atomic E-state index is 0.150. The fraction of sp³-hybridized carbons (Fsp3) is 0.231. The Hall–Kier alpha value is -1.74. The number of benzene rings is 1. The highest BCUT2D eigenvalue weighted by molar-refractivity contribution is 5.60. The standard InChI is InChI=1S/C13H16N2O/c1-11-5-2-3-6-12(11)14-13-7-4-8-15(13)9-10-16/h2-8,14,16H,9-10H2,1H3. The number of rotatable bonds is 4. The summed E-state index contributed by atoms with van der Waals surface area (Å²) >= 11 is 0. The highest BCUT2D eigenvalue weighted by Crippen LogP contribution is 2.20. The lowest BCUT2D eigenvalue weighted by Gasteiger charge is -2.12. The minimum absolute atomic E-state index is 0.150. The maximum atomic E-state index is 8.93. The Morgan fingerprint density at radius 2 is 2.00 bits per heavy atom. The second-order valence-corrected chi connectivity index (χ2v) is 3.75. The van der Waals surface area contributed by atoms with Gasteiger partial charge in [-0.1, -0.05) is 18.2 Å². The van der Waals surface area contributed by atoms with Crippen LogP contribution in [0.4, 0.5) is 11.5 Å². The molecular formula is C13H16N2O. The number of nitrogens with zero attached hydrogens (tertiary/aromatic N) is 1. The van der Waals surface area contributed by atoms with Crippen molar-refractivity contribution >= 4 is 11.5 Å². The molecule has 0 atom stereocenters. The SMILES string of the molecule is Cc1ccccc1Nc1cccn1CCO. The topological polar surface area (TPSA) is 37.2 Å². The summed E-state index contributed by atoms with van der Waals surface area (Å²) in [5.74, 6) is 1.00. The molecule has 0 aliphatic rings. The Morgan fingerprint density at radius 1 is 1.19 bits per heavy atom. The minimum Gasteiger partial charge on any atom is -0.395 e. The molecule has 0 saturated carbocycles. The van der Waals surface area contributed by atoms with E-state index in [0.29, 0.717) is 6.54 Å². The number of anilines is 2. The van der Waals surface area contributed by atoms with Gasteiger partial charge in [-0.05, 0) is 30.7 Å². The summed E-state index contributed by atoms with van der Waals surface area (Å²) in [6, 6.07) is 12.1. The molecule has 0 bridgehead atoms. The van der Waals surface area contributed by atoms with E-state index >= 15 is 0 Å². The van der Waals surface area contributed by atoms with Crippen molar-refractivity contribution in [3.05, 3.63) is 48.2 Å². The van der Waals surface area contributed by atoms with Crippen LogP contribution in [-0.4, -0.2) is 16.3 Å². The monoisotopic (exact) mass is 216 g/mol. The third kappa shape index (κ3) is 2.25. The van der Waals surface area contributed by atoms with Gasteiger partial charge in [0.05, 0.1) is 6.61 Å². The molecule has 0 amide bonds. The van der Waals surface area contributed by atoms with E-state index in [4.69, 9.17) is 5.11 Å². The molecule has 0 aliphatic heterocycles. The first-order chi connectivity index (χ1) is 7.81. The van der Waals surface area contributed by atoms with Crippen LogP contribution in [0.1, 0.15) is 5.56 Å². The number of aryl methyl sites for hydroxylation is 1. The fourth-order valence-electron chi connectivity index (χ4n) is 1.68. The van der Waals surface area contributed by atoms with Crippen LogP contribution in [-0.2, 0) is 6.54 Å². The lowest BCUT2D eigenvalue weighted by atomic mass is 10.2. The fourth-order valence-corrected chi connectivity index (χ4v) is 1.68. The van der Waals surface area contributed by atoms with Crippen molar-refractivity contribution in [2.45, 2.75) is 13.5 Å². The second kappa shape index (κ2) is 4.86. The van der Waals surface area contributed by atoms with Crippen molar-refractivity contribution in [3.63, 3.8) is 0 Å². The van der Waals surface area contributed by atoms with Crippen molar-refractivity contribution in [1.29, 1.82) is 0 Å². The average molecular weight is 216 g/mol. The zero-order chi connectivity index (χ0) is 11.4. The van der Waals surface area contributed by atoms with Gasteiger partial charge in [0.25, 0.3) is 0 Å². The van der Waals surface area contributed by atoms with Gasteiger partial charge in [-0.3, -0.25) is 0 Å². The Labute approximate surface area is 95.3 Å². The second-order valence-electron chi connectivity index (χ2n) is 3.75. The van der Waals surface area contributed by atoms with Gasteiger partial charge in [-0.15, -0.1) is 0 Å². The molecule has 0 aliphatic carbocycles. The van der Waals surface area contributed by atoms with Crippen LogP contribution in [0.2, 0.25) is 0 Å². The summed E-state index contributed by atoms with van der Waals surface area (Å²) in [6.45, 7) is 2.83. The summed E-state index contributed by atoms with van der Waals surface area (Å²) in [5, 5.41) is 12.3. The van der Waals surface area contributed by atoms with Crippen LogP contribution < -0.4 is 5.32 Å². The summed E-state index contributed by atoms with van der Waals surface area (Å²) in [5.41, 5.74) is 2.31. The number of aliphatic hydroxyl groups is 1. The Kier molecular flexibility index (Phi) is 3.27. The van der Waals surface area contributed by atoms with Crippen LogP contribution in [0.3, 0.4) is 0 Å². The van der Waals surface area contributed by atoms with Crippen LogP contribution in [0.5, 0.6) is 0 Å². The lowest BCUT2D eigenvalue weighted by molar-refractivity contribution is 0.277. The summed E-state index contributed by atoms with van der Waals surface area (Å²) in [4.78, 5) is 0. The molecule has 0 saturated heterocycles. The molecule has 0 fully saturated rings. The van der Waals surface area contributed by atoms with Crippen molar-refractivity contribution in [3.8, 4) is 0 Å². The molecule has 84 valence electrons. The van der Waals surface area contributed by atoms with E-state index in [-0.39, 0.29) is 6.61 Å². The van der Waals surface area contributed by atoms with E-state index in [9.17, 15) is 0 Å². The number of nitrogens with one attached hydrogen (secondary N) is 1. The van der Waals surface area contributed by atoms with Crippen LogP contribution in [0.15, 0.2) is 42.6 Å². The quantitative estimate of drug-likeness (QED) is 0.824. The van der Waals surface area contributed by atoms with Gasteiger partial charge in [0.15, 0.2) is 0 Å². The molecule has 1 aromatic heterocycles. The summed E-state index contributed by atoms with van der Waals surface area (Å²) < 4.78 is 1.99. The molecule has 0 unspecified atom stereocenters. The van der Waals surface area contributed by atoms with Crippen molar-refractivity contribution in [2.75, 3.05) is 11.9 Å². The molecule has 0 spiro atoms. The normalized spacial score (nSPS) is 10.4. The molecule has 2 N–H and O–H groups in total. The molecule has 1 aromatic carbocycles. The Bertz CT molecular complexity index is 462. The smallest absolute Gasteiger partial charge is 0.110 e. The van der Waals surface area contributed by atoms with Gasteiger partial charge >= 0.3 is 0 Å². The highest BCUT2D eigenvalue weighted by Gasteiger charge is 2.01. The summed E-state index contributed by atoms with van der Waals surface area (Å²) in [7, 11) is 0. The van der Waals surface area contributed by atoms with Crippen LogP contribution in [0, 0.1) is 6.92 Å². The maximum Gasteiger partial charge on any atom is 0.110 e. The molecule has 16 heavy (non-hydrogen) atoms. The molecule has 3 heteroatoms. The van der Waals surface area contributed by atoms with Gasteiger partial charge in [0.1, 0.15) is 5.82 Å². The first kappa shape index (κ1) is 10.8. The molecule has 2 aromatic rings. The zero-order valence-corrected chi connectivity index (χ0v) is 9.35. The van der Waals surface area contributed by atoms with E-state index in [1.807, 2.05) is 41.1 Å². The first-order valence-corrected chi connectivity index (χ1v) is 5.40. The van der Waals surface area contributed by atoms with Gasteiger partial charge in [0.2, 0.25) is 0 Å². The van der Waals surface area contributed by atoms with Crippen molar-refractivity contribution in [2.24, 2.45) is 0 Å². The molecule has 1 heterocycles. The van der Waals surface area contributed by atoms with Gasteiger partial charge < -0.3 is 15.0 Å². The van der Waals surface area contributed by atoms with E-state index in [1.165, 1.54) is 5.56 Å². The largest absolute Gasteiger partial charge is 0.395 e. The van der Waals surface area contributed by atoms with Crippen molar-refractivity contribution < 1.29 is 5.11 Å². The molecular weight excluding hydrogens is 200 g/mol. The number of hydrogen-bond acceptors (Lipinski definition) is 2. The predicted molar refractivity (Wildman–Crippen MR) is 66.0 cm³/mol. The van der Waals surface area contributed by atoms with Crippen LogP contribution >= 0.6 is 0 Å². The van der Waals surface area contributed by atoms with Gasteiger partial charge in [-0.25, -0.2) is 0 Å². The van der Waals surface area contributed by atoms with E-state index in [2.05, 4.69) is 18.3 Å². The van der Waals surface area contributed by atoms with Gasteiger partial charge in [0, 0.05) is 18.4 Å². The zero-order valence-electron chi connectivity index (χ0n) is 9.35.